The summed E-state index contributed by atoms with van der Waals surface area (Å²) in [6, 6.07) is 3.44. The zero-order chi connectivity index (χ0) is 16.0. The molecule has 4 rings (SSSR count). The number of carbonyl (C=O) groups excluding carboxylic acids is 2. The van der Waals surface area contributed by atoms with Crippen LogP contribution in [0.15, 0.2) is 22.7 Å². The highest BCUT2D eigenvalue weighted by Crippen LogP contribution is 2.27. The van der Waals surface area contributed by atoms with Gasteiger partial charge < -0.3 is 14.6 Å². The number of hydrogen-bond acceptors (Lipinski definition) is 5. The molecule has 4 heterocycles. The van der Waals surface area contributed by atoms with Gasteiger partial charge in [-0.3, -0.25) is 14.6 Å². The van der Waals surface area contributed by atoms with Gasteiger partial charge in [-0.15, -0.1) is 0 Å². The number of nitrogens with zero attached hydrogens (tertiary/aromatic N) is 2. The first kappa shape index (κ1) is 14.4. The standard InChI is InChI=1S/C17H19N3O3/c1-10(21)15-5-12-7-18-14(6-16(12)23-15)17(22)19-13-4-11-2-3-20(8-11)9-13/h5-7,11,13H,2-4,8-9H2,1H3,(H,19,22)/t11-,13+/m0/s1. The van der Waals surface area contributed by atoms with Crippen LogP contribution in [0.4, 0.5) is 0 Å². The minimum absolute atomic E-state index is 0.140. The van der Waals surface area contributed by atoms with Crippen molar-refractivity contribution in [2.45, 2.75) is 25.8 Å². The van der Waals surface area contributed by atoms with E-state index in [1.54, 1.807) is 18.3 Å². The summed E-state index contributed by atoms with van der Waals surface area (Å²) in [7, 11) is 0. The van der Waals surface area contributed by atoms with E-state index in [-0.39, 0.29) is 23.5 Å². The molecule has 0 spiro atoms. The van der Waals surface area contributed by atoms with Gasteiger partial charge in [0.2, 0.25) is 0 Å². The Morgan fingerprint density at radius 3 is 3.00 bits per heavy atom. The molecule has 2 bridgehead atoms. The molecule has 3 atom stereocenters. The summed E-state index contributed by atoms with van der Waals surface area (Å²) >= 11 is 0. The molecule has 1 amide bonds. The molecule has 6 heteroatoms. The van der Waals surface area contributed by atoms with Gasteiger partial charge in [-0.25, -0.2) is 0 Å². The van der Waals surface area contributed by atoms with Crippen molar-refractivity contribution in [2.24, 2.45) is 5.92 Å². The highest BCUT2D eigenvalue weighted by Gasteiger charge is 2.33. The molecular formula is C17H19N3O3. The average molecular weight is 313 g/mol. The molecule has 0 saturated carbocycles. The number of carbonyl (C=O) groups is 2. The SMILES string of the molecule is CC(=O)c1cc2cnc(C(=O)N[C@@H]3C[C@@H]4CCN(C4)C3)cc2o1. The fourth-order valence-electron chi connectivity index (χ4n) is 3.65. The van der Waals surface area contributed by atoms with Crippen molar-refractivity contribution in [1.82, 2.24) is 15.2 Å². The summed E-state index contributed by atoms with van der Waals surface area (Å²) < 4.78 is 5.48. The van der Waals surface area contributed by atoms with Crippen LogP contribution >= 0.6 is 0 Å². The summed E-state index contributed by atoms with van der Waals surface area (Å²) in [6.07, 6.45) is 3.85. The van der Waals surface area contributed by atoms with Gasteiger partial charge >= 0.3 is 0 Å². The zero-order valence-electron chi connectivity index (χ0n) is 13.0. The van der Waals surface area contributed by atoms with Gasteiger partial charge in [0, 0.05) is 43.7 Å². The second-order valence-electron chi connectivity index (χ2n) is 6.59. The number of Topliss-reactive ketones (excluding diaryl/α,β-unsaturated/α-hetero) is 1. The molecule has 1 N–H and O–H groups in total. The minimum atomic E-state index is -0.180. The molecule has 2 aromatic heterocycles. The van der Waals surface area contributed by atoms with Crippen LogP contribution in [-0.2, 0) is 0 Å². The third kappa shape index (κ3) is 2.74. The number of nitrogens with one attached hydrogen (secondary N) is 1. The second-order valence-corrected chi connectivity index (χ2v) is 6.59. The average Bonchev–Trinajstić information content (AvgIpc) is 3.09. The number of piperidine rings is 1. The zero-order valence-corrected chi connectivity index (χ0v) is 13.0. The lowest BCUT2D eigenvalue weighted by molar-refractivity contribution is 0.0904. The summed E-state index contributed by atoms with van der Waals surface area (Å²) in [5.74, 6) is 0.669. The van der Waals surface area contributed by atoms with Gasteiger partial charge in [0.15, 0.2) is 11.5 Å². The summed E-state index contributed by atoms with van der Waals surface area (Å²) in [6.45, 7) is 4.67. The quantitative estimate of drug-likeness (QED) is 0.875. The van der Waals surface area contributed by atoms with Crippen molar-refractivity contribution >= 4 is 22.7 Å². The predicted octanol–water partition coefficient (Wildman–Crippen LogP) is 1.85. The van der Waals surface area contributed by atoms with Crippen molar-refractivity contribution in [3.63, 3.8) is 0 Å². The molecule has 2 aromatic rings. The number of aromatic nitrogens is 1. The number of amides is 1. The Hall–Kier alpha value is -2.21. The van der Waals surface area contributed by atoms with Crippen molar-refractivity contribution < 1.29 is 14.0 Å². The fourth-order valence-corrected chi connectivity index (χ4v) is 3.65. The Bertz CT molecular complexity index is 770. The van der Waals surface area contributed by atoms with Gasteiger partial charge in [-0.1, -0.05) is 0 Å². The number of ketones is 1. The lowest BCUT2D eigenvalue weighted by atomic mass is 9.97. The number of hydrogen-bond donors (Lipinski definition) is 1. The first-order valence-electron chi connectivity index (χ1n) is 8.02. The van der Waals surface area contributed by atoms with Crippen LogP contribution in [0, 0.1) is 5.92 Å². The molecular weight excluding hydrogens is 294 g/mol. The van der Waals surface area contributed by atoms with Gasteiger partial charge in [-0.05, 0) is 31.4 Å². The molecule has 1 unspecified atom stereocenters. The fraction of sp³-hybridized carbons (Fsp3) is 0.471. The number of pyridine rings is 1. The van der Waals surface area contributed by atoms with E-state index < -0.39 is 0 Å². The van der Waals surface area contributed by atoms with E-state index >= 15 is 0 Å². The number of rotatable bonds is 3. The van der Waals surface area contributed by atoms with Crippen LogP contribution < -0.4 is 5.32 Å². The van der Waals surface area contributed by atoms with Crippen molar-refractivity contribution in [3.05, 3.63) is 29.8 Å². The second kappa shape index (κ2) is 5.45. The third-order valence-corrected chi connectivity index (χ3v) is 4.78. The van der Waals surface area contributed by atoms with Crippen LogP contribution in [0.2, 0.25) is 0 Å². The van der Waals surface area contributed by atoms with Crippen molar-refractivity contribution in [3.8, 4) is 0 Å². The summed E-state index contributed by atoms with van der Waals surface area (Å²) in [5, 5.41) is 3.81. The normalized spacial score (nSPS) is 26.4. The monoisotopic (exact) mass is 313 g/mol. The van der Waals surface area contributed by atoms with Crippen LogP contribution in [0.1, 0.15) is 40.8 Å². The van der Waals surface area contributed by atoms with Crippen LogP contribution in [0.3, 0.4) is 0 Å². The first-order chi connectivity index (χ1) is 11.1. The van der Waals surface area contributed by atoms with Gasteiger partial charge in [0.1, 0.15) is 11.3 Å². The van der Waals surface area contributed by atoms with Crippen LogP contribution in [-0.4, -0.2) is 47.3 Å². The molecule has 2 aliphatic heterocycles. The molecule has 0 radical (unpaired) electrons. The smallest absolute Gasteiger partial charge is 0.270 e. The number of furan rings is 1. The van der Waals surface area contributed by atoms with E-state index in [0.717, 1.165) is 31.4 Å². The molecule has 6 nitrogen and oxygen atoms in total. The molecule has 2 aliphatic rings. The molecule has 2 saturated heterocycles. The maximum Gasteiger partial charge on any atom is 0.270 e. The van der Waals surface area contributed by atoms with E-state index in [4.69, 9.17) is 4.42 Å². The van der Waals surface area contributed by atoms with E-state index in [9.17, 15) is 9.59 Å². The predicted molar refractivity (Wildman–Crippen MR) is 84.4 cm³/mol. The molecule has 23 heavy (non-hydrogen) atoms. The van der Waals surface area contributed by atoms with Gasteiger partial charge in [0.05, 0.1) is 0 Å². The molecule has 0 aromatic carbocycles. The van der Waals surface area contributed by atoms with Gasteiger partial charge in [0.25, 0.3) is 5.91 Å². The highest BCUT2D eigenvalue weighted by molar-refractivity contribution is 5.98. The number of fused-ring (bicyclic) bond motifs is 3. The third-order valence-electron chi connectivity index (χ3n) is 4.78. The Balaban J connectivity index is 1.51. The lowest BCUT2D eigenvalue weighted by Crippen LogP contribution is -2.47. The Morgan fingerprint density at radius 1 is 1.35 bits per heavy atom. The van der Waals surface area contributed by atoms with Crippen LogP contribution in [0.25, 0.3) is 11.0 Å². The van der Waals surface area contributed by atoms with E-state index in [2.05, 4.69) is 15.2 Å². The van der Waals surface area contributed by atoms with Crippen molar-refractivity contribution in [2.75, 3.05) is 19.6 Å². The topological polar surface area (TPSA) is 75.4 Å². The van der Waals surface area contributed by atoms with Crippen LogP contribution in [0.5, 0.6) is 0 Å². The van der Waals surface area contributed by atoms with Crippen molar-refractivity contribution in [1.29, 1.82) is 0 Å². The lowest BCUT2D eigenvalue weighted by Gasteiger charge is -2.30. The molecule has 0 aliphatic carbocycles. The van der Waals surface area contributed by atoms with E-state index in [1.165, 1.54) is 13.3 Å². The molecule has 2 fully saturated rings. The molecule has 120 valence electrons. The highest BCUT2D eigenvalue weighted by atomic mass is 16.3. The van der Waals surface area contributed by atoms with Gasteiger partial charge in [-0.2, -0.15) is 0 Å². The Labute approximate surface area is 133 Å². The maximum atomic E-state index is 12.4. The summed E-state index contributed by atoms with van der Waals surface area (Å²) in [5.41, 5.74) is 0.845. The maximum absolute atomic E-state index is 12.4. The largest absolute Gasteiger partial charge is 0.453 e. The Morgan fingerprint density at radius 2 is 2.22 bits per heavy atom. The Kier molecular flexibility index (Phi) is 3.41. The van der Waals surface area contributed by atoms with E-state index in [0.29, 0.717) is 17.2 Å². The summed E-state index contributed by atoms with van der Waals surface area (Å²) in [4.78, 5) is 30.4. The van der Waals surface area contributed by atoms with E-state index in [1.807, 2.05) is 0 Å². The first-order valence-corrected chi connectivity index (χ1v) is 8.02. The minimum Gasteiger partial charge on any atom is -0.453 e.